The number of ether oxygens (including phenoxy) is 1. The van der Waals surface area contributed by atoms with Crippen LogP contribution in [0.15, 0.2) is 30.3 Å². The number of nitro benzene ring substituents is 1. The summed E-state index contributed by atoms with van der Waals surface area (Å²) >= 11 is 0. The molecule has 7 heteroatoms. The van der Waals surface area contributed by atoms with E-state index in [9.17, 15) is 14.9 Å². The number of hydrogen-bond acceptors (Lipinski definition) is 5. The molecule has 144 valence electrons. The van der Waals surface area contributed by atoms with Gasteiger partial charge in [-0.15, -0.1) is 0 Å². The molecule has 0 spiro atoms. The van der Waals surface area contributed by atoms with Crippen LogP contribution in [-0.4, -0.2) is 37.1 Å². The Balaban J connectivity index is 1.74. The van der Waals surface area contributed by atoms with Crippen molar-refractivity contribution < 1.29 is 14.5 Å². The first-order valence-corrected chi connectivity index (χ1v) is 9.37. The summed E-state index contributed by atoms with van der Waals surface area (Å²) in [6.07, 6.45) is 6.16. The highest BCUT2D eigenvalue weighted by Crippen LogP contribution is 2.36. The number of nitrogens with one attached hydrogen (secondary N) is 2. The Kier molecular flexibility index (Phi) is 6.24. The minimum atomic E-state index is -0.469. The summed E-state index contributed by atoms with van der Waals surface area (Å²) in [6.45, 7) is 1.13. The van der Waals surface area contributed by atoms with E-state index in [0.29, 0.717) is 35.7 Å². The molecule has 7 nitrogen and oxygen atoms in total. The average molecular weight is 371 g/mol. The molecule has 2 aromatic rings. The molecule has 0 heterocycles. The molecule has 0 atom stereocenters. The molecule has 1 aliphatic carbocycles. The number of carbonyl (C=O) groups is 1. The number of non-ortho nitro benzene ring substituents is 1. The largest absolute Gasteiger partial charge is 0.495 e. The first kappa shape index (κ1) is 19.1. The summed E-state index contributed by atoms with van der Waals surface area (Å²) in [7, 11) is 1.47. The zero-order valence-corrected chi connectivity index (χ0v) is 15.5. The van der Waals surface area contributed by atoms with Gasteiger partial charge in [-0.2, -0.15) is 0 Å². The second-order valence-electron chi connectivity index (χ2n) is 6.82. The van der Waals surface area contributed by atoms with Gasteiger partial charge < -0.3 is 15.4 Å². The maximum Gasteiger partial charge on any atom is 0.278 e. The second-order valence-corrected chi connectivity index (χ2v) is 6.82. The number of hydrogen-bond donors (Lipinski definition) is 2. The standard InChI is InChI=1S/C20H25N3O4/c1-27-19-16-10-6-5-9-15(16)18(23(25)26)13-17(19)20(24)22-12-11-21-14-7-3-2-4-8-14/h5-6,9-10,13-14,21H,2-4,7-8,11-12H2,1H3,(H,22,24). The van der Waals surface area contributed by atoms with Crippen LogP contribution < -0.4 is 15.4 Å². The number of amides is 1. The molecule has 2 N–H and O–H groups in total. The number of nitrogens with zero attached hydrogens (tertiary/aromatic N) is 1. The Bertz CT molecular complexity index is 831. The van der Waals surface area contributed by atoms with Crippen LogP contribution in [0.1, 0.15) is 42.5 Å². The molecule has 1 saturated carbocycles. The molecule has 1 amide bonds. The van der Waals surface area contributed by atoms with E-state index in [4.69, 9.17) is 4.74 Å². The van der Waals surface area contributed by atoms with Crippen LogP contribution in [0.3, 0.4) is 0 Å². The average Bonchev–Trinajstić information content (AvgIpc) is 2.70. The minimum absolute atomic E-state index is 0.100. The van der Waals surface area contributed by atoms with E-state index < -0.39 is 4.92 Å². The van der Waals surface area contributed by atoms with Crippen molar-refractivity contribution in [1.82, 2.24) is 10.6 Å². The van der Waals surface area contributed by atoms with Gasteiger partial charge >= 0.3 is 0 Å². The van der Waals surface area contributed by atoms with Crippen molar-refractivity contribution >= 4 is 22.4 Å². The van der Waals surface area contributed by atoms with Crippen LogP contribution >= 0.6 is 0 Å². The first-order valence-electron chi connectivity index (χ1n) is 9.37. The summed E-state index contributed by atoms with van der Waals surface area (Å²) in [5, 5.41) is 18.8. The van der Waals surface area contributed by atoms with Crippen molar-refractivity contribution in [3.8, 4) is 5.75 Å². The molecule has 0 saturated heterocycles. The minimum Gasteiger partial charge on any atom is -0.495 e. The van der Waals surface area contributed by atoms with Crippen molar-refractivity contribution in [2.75, 3.05) is 20.2 Å². The predicted octanol–water partition coefficient (Wildman–Crippen LogP) is 3.41. The summed E-state index contributed by atoms with van der Waals surface area (Å²) in [4.78, 5) is 23.6. The molecule has 0 bridgehead atoms. The number of carbonyl (C=O) groups excluding carboxylic acids is 1. The van der Waals surface area contributed by atoms with Gasteiger partial charge in [0.05, 0.1) is 23.0 Å². The summed E-state index contributed by atoms with van der Waals surface area (Å²) in [6, 6.07) is 8.70. The fourth-order valence-corrected chi connectivity index (χ4v) is 3.72. The smallest absolute Gasteiger partial charge is 0.278 e. The van der Waals surface area contributed by atoms with E-state index in [2.05, 4.69) is 10.6 Å². The van der Waals surface area contributed by atoms with Crippen molar-refractivity contribution in [1.29, 1.82) is 0 Å². The van der Waals surface area contributed by atoms with Crippen LogP contribution in [-0.2, 0) is 0 Å². The maximum absolute atomic E-state index is 12.7. The van der Waals surface area contributed by atoms with Crippen molar-refractivity contribution in [2.45, 2.75) is 38.1 Å². The summed E-state index contributed by atoms with van der Waals surface area (Å²) in [5.41, 5.74) is 0.0810. The van der Waals surface area contributed by atoms with Crippen molar-refractivity contribution in [2.24, 2.45) is 0 Å². The molecule has 1 fully saturated rings. The van der Waals surface area contributed by atoms with Crippen LogP contribution in [0.4, 0.5) is 5.69 Å². The highest BCUT2D eigenvalue weighted by Gasteiger charge is 2.23. The number of nitro groups is 1. The highest BCUT2D eigenvalue weighted by molar-refractivity contribution is 6.07. The molecule has 1 aliphatic rings. The molecule has 27 heavy (non-hydrogen) atoms. The second kappa shape index (κ2) is 8.81. The zero-order chi connectivity index (χ0) is 19.2. The highest BCUT2D eigenvalue weighted by atomic mass is 16.6. The molecule has 2 aromatic carbocycles. The van der Waals surface area contributed by atoms with E-state index >= 15 is 0 Å². The number of methoxy groups -OCH3 is 1. The van der Waals surface area contributed by atoms with E-state index in [1.54, 1.807) is 24.3 Å². The van der Waals surface area contributed by atoms with Gasteiger partial charge in [0.25, 0.3) is 11.6 Å². The lowest BCUT2D eigenvalue weighted by molar-refractivity contribution is -0.383. The summed E-state index contributed by atoms with van der Waals surface area (Å²) < 4.78 is 5.42. The molecular weight excluding hydrogens is 346 g/mol. The van der Waals surface area contributed by atoms with Gasteiger partial charge in [-0.05, 0) is 18.9 Å². The van der Waals surface area contributed by atoms with E-state index in [1.165, 1.54) is 45.3 Å². The Morgan fingerprint density at radius 1 is 1.19 bits per heavy atom. The number of fused-ring (bicyclic) bond motifs is 1. The third kappa shape index (κ3) is 4.36. The quantitative estimate of drug-likeness (QED) is 0.442. The normalized spacial score (nSPS) is 14.9. The Labute approximate surface area is 158 Å². The number of benzene rings is 2. The lowest BCUT2D eigenvalue weighted by Gasteiger charge is -2.22. The van der Waals surface area contributed by atoms with Crippen molar-refractivity contribution in [3.05, 3.63) is 46.0 Å². The van der Waals surface area contributed by atoms with Gasteiger partial charge in [0.2, 0.25) is 0 Å². The fourth-order valence-electron chi connectivity index (χ4n) is 3.72. The zero-order valence-electron chi connectivity index (χ0n) is 15.5. The van der Waals surface area contributed by atoms with E-state index in [0.717, 1.165) is 0 Å². The van der Waals surface area contributed by atoms with E-state index in [1.807, 2.05) is 0 Å². The van der Waals surface area contributed by atoms with Gasteiger partial charge in [-0.3, -0.25) is 14.9 Å². The molecule has 0 aromatic heterocycles. The van der Waals surface area contributed by atoms with Crippen LogP contribution in [0.25, 0.3) is 10.8 Å². The van der Waals surface area contributed by atoms with Crippen LogP contribution in [0.2, 0.25) is 0 Å². The maximum atomic E-state index is 12.7. The van der Waals surface area contributed by atoms with E-state index in [-0.39, 0.29) is 17.2 Å². The van der Waals surface area contributed by atoms with Gasteiger partial charge in [0.15, 0.2) is 0 Å². The molecule has 0 radical (unpaired) electrons. The third-order valence-corrected chi connectivity index (χ3v) is 5.07. The van der Waals surface area contributed by atoms with Crippen LogP contribution in [0, 0.1) is 10.1 Å². The van der Waals surface area contributed by atoms with Crippen LogP contribution in [0.5, 0.6) is 5.75 Å². The molecule has 3 rings (SSSR count). The lowest BCUT2D eigenvalue weighted by Crippen LogP contribution is -2.38. The summed E-state index contributed by atoms with van der Waals surface area (Å²) in [5.74, 6) is -0.0138. The van der Waals surface area contributed by atoms with Gasteiger partial charge in [0.1, 0.15) is 5.75 Å². The Morgan fingerprint density at radius 2 is 1.89 bits per heavy atom. The van der Waals surface area contributed by atoms with Gasteiger partial charge in [-0.25, -0.2) is 0 Å². The van der Waals surface area contributed by atoms with Gasteiger partial charge in [-0.1, -0.05) is 37.5 Å². The molecule has 0 aliphatic heterocycles. The fraction of sp³-hybridized carbons (Fsp3) is 0.450. The predicted molar refractivity (Wildman–Crippen MR) is 104 cm³/mol. The number of rotatable bonds is 7. The molecular formula is C20H25N3O4. The molecule has 0 unspecified atom stereocenters. The monoisotopic (exact) mass is 371 g/mol. The Hall–Kier alpha value is -2.67. The third-order valence-electron chi connectivity index (χ3n) is 5.07. The SMILES string of the molecule is COc1c(C(=O)NCCNC2CCCCC2)cc([N+](=O)[O-])c2ccccc12. The first-order chi connectivity index (χ1) is 13.1. The van der Waals surface area contributed by atoms with Gasteiger partial charge in [0, 0.05) is 30.6 Å². The lowest BCUT2D eigenvalue weighted by atomic mass is 9.95. The Morgan fingerprint density at radius 3 is 2.56 bits per heavy atom. The topological polar surface area (TPSA) is 93.5 Å². The van der Waals surface area contributed by atoms with Crippen molar-refractivity contribution in [3.63, 3.8) is 0 Å².